The molecule has 0 fully saturated rings. The lowest BCUT2D eigenvalue weighted by Crippen LogP contribution is -2.28. The van der Waals surface area contributed by atoms with Gasteiger partial charge >= 0.3 is 0 Å². The van der Waals surface area contributed by atoms with Crippen LogP contribution < -0.4 is 4.90 Å². The van der Waals surface area contributed by atoms with Gasteiger partial charge in [-0.15, -0.1) is 11.3 Å². The summed E-state index contributed by atoms with van der Waals surface area (Å²) in [5, 5.41) is 2.63. The van der Waals surface area contributed by atoms with Gasteiger partial charge in [-0.1, -0.05) is 218 Å². The molecule has 14 rings (SSSR count). The number of anilines is 3. The summed E-state index contributed by atoms with van der Waals surface area (Å²) in [7, 11) is 0. The monoisotopic (exact) mass is 907 g/mol. The zero-order chi connectivity index (χ0) is 46.2. The molecule has 0 atom stereocenters. The Morgan fingerprint density at radius 1 is 0.257 bits per heavy atom. The van der Waals surface area contributed by atoms with Gasteiger partial charge in [-0.25, -0.2) is 0 Å². The second-order valence-electron chi connectivity index (χ2n) is 18.7. The molecule has 0 radical (unpaired) electrons. The van der Waals surface area contributed by atoms with Crippen molar-refractivity contribution in [2.45, 2.75) is 10.8 Å². The summed E-state index contributed by atoms with van der Waals surface area (Å²) in [6.45, 7) is 0. The summed E-state index contributed by atoms with van der Waals surface area (Å²) in [5.41, 5.74) is 20.1. The molecule has 2 heteroatoms. The molecule has 11 aromatic carbocycles. The molecule has 0 saturated heterocycles. The molecule has 0 saturated carbocycles. The Labute approximate surface area is 412 Å². The van der Waals surface area contributed by atoms with Crippen molar-refractivity contribution in [1.82, 2.24) is 0 Å². The topological polar surface area (TPSA) is 3.24 Å². The van der Waals surface area contributed by atoms with Gasteiger partial charge in [0.2, 0.25) is 0 Å². The molecule has 0 spiro atoms. The van der Waals surface area contributed by atoms with Gasteiger partial charge in [-0.3, -0.25) is 0 Å². The largest absolute Gasteiger partial charge is 0.310 e. The van der Waals surface area contributed by atoms with Crippen LogP contribution in [0.15, 0.2) is 273 Å². The van der Waals surface area contributed by atoms with Crippen LogP contribution in [0.1, 0.15) is 44.5 Å². The third-order valence-electron chi connectivity index (χ3n) is 15.3. The Morgan fingerprint density at radius 2 is 0.657 bits per heavy atom. The first kappa shape index (κ1) is 40.5. The molecule has 12 aromatic rings. The third-order valence-corrected chi connectivity index (χ3v) is 16.4. The van der Waals surface area contributed by atoms with Crippen molar-refractivity contribution < 1.29 is 0 Å². The molecule has 1 heterocycles. The van der Waals surface area contributed by atoms with E-state index < -0.39 is 10.8 Å². The van der Waals surface area contributed by atoms with E-state index in [2.05, 4.69) is 278 Å². The van der Waals surface area contributed by atoms with Gasteiger partial charge in [0.15, 0.2) is 0 Å². The molecule has 1 nitrogen and oxygen atoms in total. The maximum atomic E-state index is 2.45. The maximum absolute atomic E-state index is 2.45. The predicted octanol–water partition coefficient (Wildman–Crippen LogP) is 17.9. The van der Waals surface area contributed by atoms with Gasteiger partial charge in [0, 0.05) is 37.2 Å². The fraction of sp³-hybridized carbons (Fsp3) is 0.0294. The molecule has 2 aliphatic carbocycles. The zero-order valence-electron chi connectivity index (χ0n) is 38.3. The van der Waals surface area contributed by atoms with E-state index in [1.807, 2.05) is 11.3 Å². The van der Waals surface area contributed by atoms with Crippen LogP contribution in [0.5, 0.6) is 0 Å². The smallest absolute Gasteiger partial charge is 0.0713 e. The Bertz CT molecular complexity index is 3840. The number of hydrogen-bond acceptors (Lipinski definition) is 2. The van der Waals surface area contributed by atoms with Gasteiger partial charge in [0.05, 0.1) is 10.8 Å². The summed E-state index contributed by atoms with van der Waals surface area (Å²) >= 11 is 1.86. The summed E-state index contributed by atoms with van der Waals surface area (Å²) < 4.78 is 2.64. The van der Waals surface area contributed by atoms with Crippen LogP contribution in [-0.2, 0) is 10.8 Å². The number of fused-ring (bicyclic) bond motifs is 9. The number of nitrogens with zero attached hydrogens (tertiary/aromatic N) is 1. The van der Waals surface area contributed by atoms with E-state index in [1.54, 1.807) is 0 Å². The third kappa shape index (κ3) is 5.90. The first-order valence-corrected chi connectivity index (χ1v) is 25.1. The molecule has 2 aliphatic rings. The molecule has 70 heavy (non-hydrogen) atoms. The van der Waals surface area contributed by atoms with E-state index in [1.165, 1.54) is 98.1 Å². The fourth-order valence-corrected chi connectivity index (χ4v) is 13.4. The van der Waals surface area contributed by atoms with Crippen LogP contribution in [-0.4, -0.2) is 0 Å². The number of rotatable bonds is 8. The lowest BCUT2D eigenvalue weighted by atomic mass is 9.67. The minimum Gasteiger partial charge on any atom is -0.310 e. The maximum Gasteiger partial charge on any atom is 0.0713 e. The number of benzene rings is 11. The molecule has 0 amide bonds. The molecule has 0 unspecified atom stereocenters. The van der Waals surface area contributed by atoms with Gasteiger partial charge in [-0.05, 0) is 132 Å². The van der Waals surface area contributed by atoms with E-state index in [0.717, 1.165) is 17.1 Å². The van der Waals surface area contributed by atoms with Gasteiger partial charge in [-0.2, -0.15) is 0 Å². The van der Waals surface area contributed by atoms with Gasteiger partial charge in [0.25, 0.3) is 0 Å². The second kappa shape index (κ2) is 16.0. The van der Waals surface area contributed by atoms with Crippen LogP contribution in [0.2, 0.25) is 0 Å². The SMILES string of the molecule is c1ccc(C2(c3ccc(N(c4ccc(-c5ccc6sc7ccccc7c6c5)cc4)c4ccc5c(c4)-c4ccccc4C5(c4ccccc4)c4ccccc4)cc3)c3ccccc3-c3ccccc32)cc1. The highest BCUT2D eigenvalue weighted by molar-refractivity contribution is 7.25. The van der Waals surface area contributed by atoms with Crippen molar-refractivity contribution in [3.05, 3.63) is 317 Å². The van der Waals surface area contributed by atoms with E-state index in [9.17, 15) is 0 Å². The normalized spacial score (nSPS) is 13.7. The van der Waals surface area contributed by atoms with Crippen molar-refractivity contribution in [3.63, 3.8) is 0 Å². The van der Waals surface area contributed by atoms with Crippen molar-refractivity contribution in [3.8, 4) is 33.4 Å². The Balaban J connectivity index is 0.954. The molecule has 0 aliphatic heterocycles. The first-order valence-electron chi connectivity index (χ1n) is 24.2. The van der Waals surface area contributed by atoms with Crippen molar-refractivity contribution >= 4 is 48.6 Å². The van der Waals surface area contributed by atoms with Crippen LogP contribution >= 0.6 is 11.3 Å². The molecule has 0 bridgehead atoms. The number of thiophene rings is 1. The summed E-state index contributed by atoms with van der Waals surface area (Å²) in [4.78, 5) is 2.45. The van der Waals surface area contributed by atoms with Gasteiger partial charge in [0.1, 0.15) is 0 Å². The Hall–Kier alpha value is -8.56. The standard InChI is InChI=1S/C68H45NS/c1-4-18-48(19-5-1)67(49-20-6-2-7-21-49)63-30-16-12-26-57(63)59-45-54(41-42-64(59)67)69(52-37-32-46(33-38-52)47-34-43-66-60(44-47)58-27-13-17-31-65(58)70-66)53-39-35-51(36-40-53)68(50-22-8-3-9-23-50)61-28-14-10-24-55(61)56-25-11-15-29-62(56)68/h1-45H. The van der Waals surface area contributed by atoms with Crippen molar-refractivity contribution in [2.24, 2.45) is 0 Å². The molecule has 328 valence electrons. The highest BCUT2D eigenvalue weighted by Crippen LogP contribution is 2.59. The lowest BCUT2D eigenvalue weighted by molar-refractivity contribution is 0.768. The zero-order valence-corrected chi connectivity index (χ0v) is 39.2. The average Bonchev–Trinajstić information content (AvgIpc) is 4.07. The molecular weight excluding hydrogens is 863 g/mol. The summed E-state index contributed by atoms with van der Waals surface area (Å²) in [6.07, 6.45) is 0. The van der Waals surface area contributed by atoms with E-state index in [0.29, 0.717) is 0 Å². The van der Waals surface area contributed by atoms with E-state index in [4.69, 9.17) is 0 Å². The van der Waals surface area contributed by atoms with Crippen LogP contribution in [0.3, 0.4) is 0 Å². The quantitative estimate of drug-likeness (QED) is 0.147. The fourth-order valence-electron chi connectivity index (χ4n) is 12.3. The second-order valence-corrected chi connectivity index (χ2v) is 19.8. The first-order chi connectivity index (χ1) is 34.7. The molecule has 0 N–H and O–H groups in total. The lowest BCUT2D eigenvalue weighted by Gasteiger charge is -2.35. The average molecular weight is 908 g/mol. The van der Waals surface area contributed by atoms with Crippen molar-refractivity contribution in [1.29, 1.82) is 0 Å². The molecule has 1 aromatic heterocycles. The Morgan fingerprint density at radius 3 is 1.21 bits per heavy atom. The van der Waals surface area contributed by atoms with Gasteiger partial charge < -0.3 is 4.90 Å². The Kier molecular flexibility index (Phi) is 9.27. The molecular formula is C68H45NS. The summed E-state index contributed by atoms with van der Waals surface area (Å²) in [5.74, 6) is 0. The highest BCUT2D eigenvalue weighted by Gasteiger charge is 2.47. The highest BCUT2D eigenvalue weighted by atomic mass is 32.1. The van der Waals surface area contributed by atoms with Crippen LogP contribution in [0.4, 0.5) is 17.1 Å². The minimum absolute atomic E-state index is 0.477. The van der Waals surface area contributed by atoms with Crippen LogP contribution in [0, 0.1) is 0 Å². The minimum atomic E-state index is -0.482. The number of hydrogen-bond donors (Lipinski definition) is 0. The summed E-state index contributed by atoms with van der Waals surface area (Å²) in [6, 6.07) is 102. The predicted molar refractivity (Wildman–Crippen MR) is 294 cm³/mol. The van der Waals surface area contributed by atoms with E-state index >= 15 is 0 Å². The van der Waals surface area contributed by atoms with Crippen LogP contribution in [0.25, 0.3) is 53.6 Å². The van der Waals surface area contributed by atoms with E-state index in [-0.39, 0.29) is 0 Å². The van der Waals surface area contributed by atoms with Crippen molar-refractivity contribution in [2.75, 3.05) is 4.90 Å².